The average Bonchev–Trinajstić information content (AvgIpc) is 2.48. The summed E-state index contributed by atoms with van der Waals surface area (Å²) in [6, 6.07) is 9.56. The third-order valence-corrected chi connectivity index (χ3v) is 3.75. The van der Waals surface area contributed by atoms with Crippen LogP contribution in [0, 0.1) is 0 Å². The van der Waals surface area contributed by atoms with Crippen molar-refractivity contribution in [1.82, 2.24) is 0 Å². The van der Waals surface area contributed by atoms with Gasteiger partial charge in [-0.15, -0.1) is 0 Å². The summed E-state index contributed by atoms with van der Waals surface area (Å²) in [5, 5.41) is 30.1. The van der Waals surface area contributed by atoms with Crippen molar-refractivity contribution in [3.05, 3.63) is 47.5 Å². The van der Waals surface area contributed by atoms with Gasteiger partial charge in [-0.25, -0.2) is 0 Å². The second-order valence-electron chi connectivity index (χ2n) is 5.01. The average molecular weight is 288 g/mol. The Labute approximate surface area is 122 Å². The summed E-state index contributed by atoms with van der Waals surface area (Å²) in [4.78, 5) is 0. The van der Waals surface area contributed by atoms with Gasteiger partial charge in [0.25, 0.3) is 0 Å². The van der Waals surface area contributed by atoms with Crippen molar-refractivity contribution in [3.63, 3.8) is 0 Å². The number of hydrogen-bond donors (Lipinski definition) is 3. The Hall–Kier alpha value is -2.40. The van der Waals surface area contributed by atoms with Crippen molar-refractivity contribution < 1.29 is 24.8 Å². The van der Waals surface area contributed by atoms with Gasteiger partial charge in [-0.1, -0.05) is 6.07 Å². The lowest BCUT2D eigenvalue weighted by atomic mass is 9.87. The van der Waals surface area contributed by atoms with Crippen LogP contribution in [0.2, 0.25) is 0 Å². The van der Waals surface area contributed by atoms with Crippen molar-refractivity contribution in [1.29, 1.82) is 0 Å². The SMILES string of the molecule is COc1ccc([C@@H]2COc3cc(O)ccc3[C@H]2O)c(O)c1. The monoisotopic (exact) mass is 288 g/mol. The van der Waals surface area contributed by atoms with Crippen LogP contribution in [-0.4, -0.2) is 29.0 Å². The highest BCUT2D eigenvalue weighted by Crippen LogP contribution is 2.44. The van der Waals surface area contributed by atoms with Crippen molar-refractivity contribution >= 4 is 0 Å². The lowest BCUT2D eigenvalue weighted by Crippen LogP contribution is -2.24. The number of benzene rings is 2. The van der Waals surface area contributed by atoms with E-state index in [2.05, 4.69) is 0 Å². The molecule has 0 bridgehead atoms. The molecule has 5 heteroatoms. The number of phenolic OH excluding ortho intramolecular Hbond substituents is 2. The molecule has 1 heterocycles. The number of phenols is 2. The molecule has 5 nitrogen and oxygen atoms in total. The summed E-state index contributed by atoms with van der Waals surface area (Å²) < 4.78 is 10.6. The molecule has 3 rings (SSSR count). The Balaban J connectivity index is 1.96. The molecule has 0 saturated carbocycles. The van der Waals surface area contributed by atoms with Gasteiger partial charge >= 0.3 is 0 Å². The first-order valence-electron chi connectivity index (χ1n) is 6.61. The molecule has 3 N–H and O–H groups in total. The largest absolute Gasteiger partial charge is 0.508 e. The molecule has 0 spiro atoms. The molecule has 2 aromatic rings. The smallest absolute Gasteiger partial charge is 0.128 e. The van der Waals surface area contributed by atoms with Crippen LogP contribution in [0.25, 0.3) is 0 Å². The molecular formula is C16H16O5. The van der Waals surface area contributed by atoms with E-state index in [1.807, 2.05) is 0 Å². The Bertz CT molecular complexity index is 668. The third kappa shape index (κ3) is 2.36. The molecule has 0 fully saturated rings. The summed E-state index contributed by atoms with van der Waals surface area (Å²) in [5.41, 5.74) is 1.20. The van der Waals surface area contributed by atoms with Crippen LogP contribution >= 0.6 is 0 Å². The zero-order valence-corrected chi connectivity index (χ0v) is 11.5. The fraction of sp³-hybridized carbons (Fsp3) is 0.250. The maximum Gasteiger partial charge on any atom is 0.128 e. The molecule has 1 aliphatic rings. The van der Waals surface area contributed by atoms with Gasteiger partial charge in [0.1, 0.15) is 23.0 Å². The normalized spacial score (nSPS) is 20.5. The molecular weight excluding hydrogens is 272 g/mol. The molecule has 0 aliphatic carbocycles. The van der Waals surface area contributed by atoms with E-state index < -0.39 is 6.10 Å². The van der Waals surface area contributed by atoms with Crippen LogP contribution in [0.1, 0.15) is 23.1 Å². The summed E-state index contributed by atoms with van der Waals surface area (Å²) in [5.74, 6) is 0.781. The van der Waals surface area contributed by atoms with Crippen LogP contribution < -0.4 is 9.47 Å². The molecule has 110 valence electrons. The maximum atomic E-state index is 10.5. The fourth-order valence-electron chi connectivity index (χ4n) is 2.60. The second kappa shape index (κ2) is 5.18. The van der Waals surface area contributed by atoms with Crippen LogP contribution in [0.3, 0.4) is 0 Å². The van der Waals surface area contributed by atoms with Crippen LogP contribution in [0.4, 0.5) is 0 Å². The third-order valence-electron chi connectivity index (χ3n) is 3.75. The van der Waals surface area contributed by atoms with Gasteiger partial charge in [-0.05, 0) is 18.2 Å². The Kier molecular flexibility index (Phi) is 3.35. The first-order valence-corrected chi connectivity index (χ1v) is 6.61. The van der Waals surface area contributed by atoms with E-state index in [4.69, 9.17) is 9.47 Å². The van der Waals surface area contributed by atoms with Crippen LogP contribution in [0.5, 0.6) is 23.0 Å². The molecule has 2 aromatic carbocycles. The lowest BCUT2D eigenvalue weighted by molar-refractivity contribution is 0.0875. The standard InChI is InChI=1S/C16H16O5/c1-20-10-3-5-11(14(18)7-10)13-8-21-15-6-9(17)2-4-12(15)16(13)19/h2-7,13,16-19H,8H2,1H3/t13-,16+/m0/s1. The highest BCUT2D eigenvalue weighted by atomic mass is 16.5. The predicted molar refractivity (Wildman–Crippen MR) is 76.0 cm³/mol. The topological polar surface area (TPSA) is 79.2 Å². The predicted octanol–water partition coefficient (Wildman–Crippen LogP) is 2.32. The quantitative estimate of drug-likeness (QED) is 0.790. The van der Waals surface area contributed by atoms with E-state index in [-0.39, 0.29) is 24.0 Å². The fourth-order valence-corrected chi connectivity index (χ4v) is 2.60. The first kappa shape index (κ1) is 13.6. The number of aliphatic hydroxyl groups is 1. The zero-order chi connectivity index (χ0) is 15.0. The van der Waals surface area contributed by atoms with Crippen molar-refractivity contribution in [2.45, 2.75) is 12.0 Å². The van der Waals surface area contributed by atoms with Crippen LogP contribution in [0.15, 0.2) is 36.4 Å². The number of ether oxygens (including phenoxy) is 2. The van der Waals surface area contributed by atoms with E-state index in [0.29, 0.717) is 22.6 Å². The highest BCUT2D eigenvalue weighted by Gasteiger charge is 2.32. The molecule has 0 saturated heterocycles. The van der Waals surface area contributed by atoms with E-state index >= 15 is 0 Å². The van der Waals surface area contributed by atoms with E-state index in [9.17, 15) is 15.3 Å². The molecule has 0 radical (unpaired) electrons. The van der Waals surface area contributed by atoms with E-state index in [0.717, 1.165) is 0 Å². The number of methoxy groups -OCH3 is 1. The van der Waals surface area contributed by atoms with Crippen molar-refractivity contribution in [3.8, 4) is 23.0 Å². The molecule has 21 heavy (non-hydrogen) atoms. The number of aliphatic hydroxyl groups excluding tert-OH is 1. The Morgan fingerprint density at radius 3 is 2.57 bits per heavy atom. The van der Waals surface area contributed by atoms with Gasteiger partial charge in [0.2, 0.25) is 0 Å². The van der Waals surface area contributed by atoms with Gasteiger partial charge in [-0.2, -0.15) is 0 Å². The molecule has 0 aromatic heterocycles. The summed E-state index contributed by atoms with van der Waals surface area (Å²) >= 11 is 0. The molecule has 0 unspecified atom stereocenters. The van der Waals surface area contributed by atoms with Crippen molar-refractivity contribution in [2.75, 3.05) is 13.7 Å². The number of aromatic hydroxyl groups is 2. The van der Waals surface area contributed by atoms with E-state index in [1.165, 1.54) is 25.3 Å². The summed E-state index contributed by atoms with van der Waals surface area (Å²) in [6.45, 7) is 0.220. The van der Waals surface area contributed by atoms with Gasteiger partial charge in [0.15, 0.2) is 0 Å². The summed E-state index contributed by atoms with van der Waals surface area (Å²) in [6.07, 6.45) is -0.811. The molecule has 2 atom stereocenters. The number of fused-ring (bicyclic) bond motifs is 1. The highest BCUT2D eigenvalue weighted by molar-refractivity contribution is 5.48. The summed E-state index contributed by atoms with van der Waals surface area (Å²) in [7, 11) is 1.52. The minimum absolute atomic E-state index is 0.0595. The Morgan fingerprint density at radius 2 is 1.86 bits per heavy atom. The minimum atomic E-state index is -0.811. The second-order valence-corrected chi connectivity index (χ2v) is 5.01. The maximum absolute atomic E-state index is 10.5. The van der Waals surface area contributed by atoms with Gasteiger partial charge in [0.05, 0.1) is 25.7 Å². The molecule has 1 aliphatic heterocycles. The van der Waals surface area contributed by atoms with Gasteiger partial charge in [0, 0.05) is 23.3 Å². The zero-order valence-electron chi connectivity index (χ0n) is 11.5. The van der Waals surface area contributed by atoms with Crippen LogP contribution in [-0.2, 0) is 0 Å². The Morgan fingerprint density at radius 1 is 1.10 bits per heavy atom. The first-order chi connectivity index (χ1) is 10.1. The van der Waals surface area contributed by atoms with Gasteiger partial charge in [-0.3, -0.25) is 0 Å². The van der Waals surface area contributed by atoms with Gasteiger partial charge < -0.3 is 24.8 Å². The van der Waals surface area contributed by atoms with Crippen molar-refractivity contribution in [2.24, 2.45) is 0 Å². The minimum Gasteiger partial charge on any atom is -0.508 e. The number of hydrogen-bond acceptors (Lipinski definition) is 5. The lowest BCUT2D eigenvalue weighted by Gasteiger charge is -2.31. The number of rotatable bonds is 2. The van der Waals surface area contributed by atoms with E-state index in [1.54, 1.807) is 18.2 Å². The molecule has 0 amide bonds.